The van der Waals surface area contributed by atoms with Crippen LogP contribution >= 0.6 is 0 Å². The maximum absolute atomic E-state index is 5.88. The van der Waals surface area contributed by atoms with Crippen LogP contribution in [0, 0.1) is 0 Å². The van der Waals surface area contributed by atoms with Gasteiger partial charge in [0.2, 0.25) is 0 Å². The molecule has 0 radical (unpaired) electrons. The summed E-state index contributed by atoms with van der Waals surface area (Å²) < 4.78 is 4.06. The number of aromatic nitrogens is 4. The summed E-state index contributed by atoms with van der Waals surface area (Å²) in [5.41, 5.74) is 8.49. The van der Waals surface area contributed by atoms with E-state index in [2.05, 4.69) is 9.97 Å². The molecule has 2 N–H and O–H groups in total. The summed E-state index contributed by atoms with van der Waals surface area (Å²) >= 11 is 0. The standard InChI is InChI=1S/C16H13N5/c17-13-4-1-3-12(11-13)16-19-8-10-21(16)15-6-2-5-14-18-7-9-20(14)15/h1-11H,17H2. The first-order valence-electron chi connectivity index (χ1n) is 6.65. The van der Waals surface area contributed by atoms with E-state index in [-0.39, 0.29) is 0 Å². The first-order chi connectivity index (χ1) is 10.3. The highest BCUT2D eigenvalue weighted by molar-refractivity contribution is 5.63. The van der Waals surface area contributed by atoms with Crippen molar-refractivity contribution in [1.29, 1.82) is 0 Å². The molecule has 0 aliphatic heterocycles. The van der Waals surface area contributed by atoms with Crippen LogP contribution in [0.1, 0.15) is 0 Å². The zero-order valence-electron chi connectivity index (χ0n) is 11.2. The van der Waals surface area contributed by atoms with Crippen LogP contribution in [-0.4, -0.2) is 18.9 Å². The highest BCUT2D eigenvalue weighted by atomic mass is 15.2. The van der Waals surface area contributed by atoms with Crippen molar-refractivity contribution in [3.8, 4) is 17.2 Å². The maximum Gasteiger partial charge on any atom is 0.145 e. The third-order valence-corrected chi connectivity index (χ3v) is 3.44. The summed E-state index contributed by atoms with van der Waals surface area (Å²) in [6.07, 6.45) is 7.45. The molecular weight excluding hydrogens is 262 g/mol. The smallest absolute Gasteiger partial charge is 0.145 e. The largest absolute Gasteiger partial charge is 0.399 e. The highest BCUT2D eigenvalue weighted by Gasteiger charge is 2.10. The van der Waals surface area contributed by atoms with Crippen LogP contribution in [0.4, 0.5) is 5.69 Å². The second-order valence-electron chi connectivity index (χ2n) is 4.79. The van der Waals surface area contributed by atoms with Gasteiger partial charge in [-0.15, -0.1) is 0 Å². The van der Waals surface area contributed by atoms with Crippen molar-refractivity contribution in [3.05, 3.63) is 67.3 Å². The molecular formula is C16H13N5. The van der Waals surface area contributed by atoms with E-state index in [1.165, 1.54) is 0 Å². The first kappa shape index (κ1) is 11.7. The third-order valence-electron chi connectivity index (χ3n) is 3.44. The van der Waals surface area contributed by atoms with Crippen LogP contribution in [0.25, 0.3) is 22.9 Å². The zero-order chi connectivity index (χ0) is 14.2. The molecule has 0 amide bonds. The van der Waals surface area contributed by atoms with Gasteiger partial charge in [0, 0.05) is 36.0 Å². The Kier molecular flexibility index (Phi) is 2.50. The summed E-state index contributed by atoms with van der Waals surface area (Å²) in [7, 11) is 0. The Hall–Kier alpha value is -3.08. The van der Waals surface area contributed by atoms with Gasteiger partial charge in [0.15, 0.2) is 0 Å². The number of nitrogens with zero attached hydrogens (tertiary/aromatic N) is 4. The molecule has 0 saturated carbocycles. The van der Waals surface area contributed by atoms with Crippen LogP contribution in [0.2, 0.25) is 0 Å². The number of hydrogen-bond donors (Lipinski definition) is 1. The van der Waals surface area contributed by atoms with E-state index in [1.807, 2.05) is 63.8 Å². The predicted molar refractivity (Wildman–Crippen MR) is 82.2 cm³/mol. The molecule has 3 heterocycles. The van der Waals surface area contributed by atoms with Gasteiger partial charge in [-0.2, -0.15) is 0 Å². The van der Waals surface area contributed by atoms with Gasteiger partial charge in [-0.3, -0.25) is 8.97 Å². The van der Waals surface area contributed by atoms with Gasteiger partial charge < -0.3 is 5.73 Å². The molecule has 5 nitrogen and oxygen atoms in total. The lowest BCUT2D eigenvalue weighted by Crippen LogP contribution is -2.02. The fourth-order valence-electron chi connectivity index (χ4n) is 2.51. The lowest BCUT2D eigenvalue weighted by Gasteiger charge is -2.10. The van der Waals surface area contributed by atoms with Crippen molar-refractivity contribution in [3.63, 3.8) is 0 Å². The van der Waals surface area contributed by atoms with Gasteiger partial charge in [0.1, 0.15) is 17.3 Å². The minimum Gasteiger partial charge on any atom is -0.399 e. The maximum atomic E-state index is 5.88. The Balaban J connectivity index is 1.95. The minimum absolute atomic E-state index is 0.725. The van der Waals surface area contributed by atoms with Gasteiger partial charge >= 0.3 is 0 Å². The average molecular weight is 275 g/mol. The van der Waals surface area contributed by atoms with Gasteiger partial charge in [-0.1, -0.05) is 18.2 Å². The average Bonchev–Trinajstić information content (AvgIpc) is 3.16. The molecule has 4 aromatic rings. The molecule has 3 aromatic heterocycles. The van der Waals surface area contributed by atoms with Crippen LogP contribution < -0.4 is 5.73 Å². The van der Waals surface area contributed by atoms with E-state index in [1.54, 1.807) is 12.4 Å². The fourth-order valence-corrected chi connectivity index (χ4v) is 2.51. The molecule has 0 fully saturated rings. The van der Waals surface area contributed by atoms with E-state index >= 15 is 0 Å². The zero-order valence-corrected chi connectivity index (χ0v) is 11.2. The number of nitrogens with two attached hydrogens (primary N) is 1. The number of imidazole rings is 2. The summed E-state index contributed by atoms with van der Waals surface area (Å²) in [5.74, 6) is 1.84. The second-order valence-corrected chi connectivity index (χ2v) is 4.79. The number of fused-ring (bicyclic) bond motifs is 1. The lowest BCUT2D eigenvalue weighted by atomic mass is 10.2. The molecule has 0 unspecified atom stereocenters. The van der Waals surface area contributed by atoms with Crippen LogP contribution in [0.3, 0.4) is 0 Å². The van der Waals surface area contributed by atoms with Crippen molar-refractivity contribution in [2.45, 2.75) is 0 Å². The van der Waals surface area contributed by atoms with E-state index in [9.17, 15) is 0 Å². The molecule has 102 valence electrons. The SMILES string of the molecule is Nc1cccc(-c2nccn2-c2cccc3nccn23)c1. The monoisotopic (exact) mass is 275 g/mol. The van der Waals surface area contributed by atoms with Gasteiger partial charge in [0.25, 0.3) is 0 Å². The van der Waals surface area contributed by atoms with Crippen LogP contribution in [0.5, 0.6) is 0 Å². The first-order valence-corrected chi connectivity index (χ1v) is 6.65. The molecule has 5 heteroatoms. The number of hydrogen-bond acceptors (Lipinski definition) is 3. The minimum atomic E-state index is 0.725. The Labute approximate surface area is 121 Å². The number of benzene rings is 1. The predicted octanol–water partition coefficient (Wildman–Crippen LogP) is 2.77. The topological polar surface area (TPSA) is 61.1 Å². The number of pyridine rings is 1. The van der Waals surface area contributed by atoms with Gasteiger partial charge in [0.05, 0.1) is 0 Å². The molecule has 21 heavy (non-hydrogen) atoms. The van der Waals surface area contributed by atoms with Crippen molar-refractivity contribution >= 4 is 11.3 Å². The van der Waals surface area contributed by atoms with Crippen molar-refractivity contribution in [2.24, 2.45) is 0 Å². The Bertz CT molecular complexity index is 919. The molecule has 4 rings (SSSR count). The summed E-state index contributed by atoms with van der Waals surface area (Å²) in [4.78, 5) is 8.78. The van der Waals surface area contributed by atoms with E-state index in [4.69, 9.17) is 5.73 Å². The van der Waals surface area contributed by atoms with Crippen molar-refractivity contribution in [1.82, 2.24) is 18.9 Å². The number of nitrogen functional groups attached to an aromatic ring is 1. The Morgan fingerprint density at radius 2 is 1.76 bits per heavy atom. The fraction of sp³-hybridized carbons (Fsp3) is 0. The van der Waals surface area contributed by atoms with E-state index in [0.717, 1.165) is 28.5 Å². The number of rotatable bonds is 2. The Morgan fingerprint density at radius 1 is 0.905 bits per heavy atom. The van der Waals surface area contributed by atoms with Crippen molar-refractivity contribution in [2.75, 3.05) is 5.73 Å². The van der Waals surface area contributed by atoms with Crippen molar-refractivity contribution < 1.29 is 0 Å². The molecule has 0 aliphatic carbocycles. The summed E-state index contributed by atoms with van der Waals surface area (Å²) in [6.45, 7) is 0. The van der Waals surface area contributed by atoms with Gasteiger partial charge in [-0.05, 0) is 24.3 Å². The lowest BCUT2D eigenvalue weighted by molar-refractivity contribution is 0.964. The van der Waals surface area contributed by atoms with Crippen LogP contribution in [-0.2, 0) is 0 Å². The summed E-state index contributed by atoms with van der Waals surface area (Å²) in [6, 6.07) is 13.7. The molecule has 1 aromatic carbocycles. The molecule has 0 saturated heterocycles. The highest BCUT2D eigenvalue weighted by Crippen LogP contribution is 2.23. The quantitative estimate of drug-likeness (QED) is 0.572. The Morgan fingerprint density at radius 3 is 2.67 bits per heavy atom. The number of anilines is 1. The normalized spacial score (nSPS) is 11.0. The molecule has 0 bridgehead atoms. The van der Waals surface area contributed by atoms with Crippen LogP contribution in [0.15, 0.2) is 67.3 Å². The summed E-state index contributed by atoms with van der Waals surface area (Å²) in [5, 5.41) is 0. The van der Waals surface area contributed by atoms with Gasteiger partial charge in [-0.25, -0.2) is 9.97 Å². The molecule has 0 spiro atoms. The van der Waals surface area contributed by atoms with E-state index < -0.39 is 0 Å². The van der Waals surface area contributed by atoms with E-state index in [0.29, 0.717) is 0 Å². The molecule has 0 atom stereocenters. The third kappa shape index (κ3) is 1.87. The second kappa shape index (κ2) is 4.49. The molecule has 0 aliphatic rings.